The van der Waals surface area contributed by atoms with Crippen LogP contribution in [0.4, 0.5) is 5.69 Å². The molecule has 0 amide bonds. The molecule has 0 spiro atoms. The monoisotopic (exact) mass is 279 g/mol. The number of anilines is 1. The van der Waals surface area contributed by atoms with Gasteiger partial charge < -0.3 is 10.3 Å². The topological polar surface area (TPSA) is 43.8 Å². The molecule has 0 aliphatic carbocycles. The zero-order valence-corrected chi connectivity index (χ0v) is 12.9. The van der Waals surface area contributed by atoms with E-state index >= 15 is 0 Å². The molecule has 2 aromatic carbocycles. The molecule has 0 bridgehead atoms. The summed E-state index contributed by atoms with van der Waals surface area (Å²) in [6.07, 6.45) is 1.08. The first-order valence-corrected chi connectivity index (χ1v) is 7.43. The Hall–Kier alpha value is -2.29. The maximum absolute atomic E-state index is 6.06. The molecule has 0 atom stereocenters. The van der Waals surface area contributed by atoms with Gasteiger partial charge in [-0.25, -0.2) is 4.98 Å². The second-order valence-electron chi connectivity index (χ2n) is 5.65. The maximum Gasteiger partial charge on any atom is 0.141 e. The van der Waals surface area contributed by atoms with E-state index in [2.05, 4.69) is 48.7 Å². The summed E-state index contributed by atoms with van der Waals surface area (Å²) < 4.78 is 2.29. The molecule has 1 heterocycles. The van der Waals surface area contributed by atoms with Crippen molar-refractivity contribution in [3.05, 3.63) is 47.5 Å². The number of nitrogens with two attached hydrogens (primary N) is 1. The molecule has 0 aliphatic heterocycles. The van der Waals surface area contributed by atoms with Gasteiger partial charge in [0.15, 0.2) is 0 Å². The molecular weight excluding hydrogens is 258 g/mol. The van der Waals surface area contributed by atoms with Gasteiger partial charge in [-0.05, 0) is 49.6 Å². The molecule has 0 aliphatic rings. The van der Waals surface area contributed by atoms with Crippen molar-refractivity contribution in [1.82, 2.24) is 9.55 Å². The van der Waals surface area contributed by atoms with E-state index in [4.69, 9.17) is 10.7 Å². The van der Waals surface area contributed by atoms with E-state index in [1.165, 1.54) is 11.1 Å². The van der Waals surface area contributed by atoms with Crippen molar-refractivity contribution in [1.29, 1.82) is 0 Å². The number of fused-ring (bicyclic) bond motifs is 1. The molecule has 21 heavy (non-hydrogen) atoms. The van der Waals surface area contributed by atoms with Gasteiger partial charge >= 0.3 is 0 Å². The number of benzene rings is 2. The van der Waals surface area contributed by atoms with Gasteiger partial charge in [-0.2, -0.15) is 0 Å². The van der Waals surface area contributed by atoms with Crippen LogP contribution in [0.3, 0.4) is 0 Å². The third-order valence-corrected chi connectivity index (χ3v) is 3.89. The number of aryl methyl sites for hydroxylation is 3. The number of nitrogen functional groups attached to an aromatic ring is 1. The van der Waals surface area contributed by atoms with Crippen LogP contribution in [0, 0.1) is 13.8 Å². The lowest BCUT2D eigenvalue weighted by Crippen LogP contribution is -2.00. The van der Waals surface area contributed by atoms with Gasteiger partial charge in [0, 0.05) is 17.8 Å². The molecular formula is C18H21N3. The van der Waals surface area contributed by atoms with Crippen LogP contribution in [-0.2, 0) is 6.54 Å². The Morgan fingerprint density at radius 1 is 1.10 bits per heavy atom. The molecule has 0 saturated carbocycles. The minimum absolute atomic E-state index is 0.818. The molecule has 0 saturated heterocycles. The van der Waals surface area contributed by atoms with Crippen molar-refractivity contribution in [2.24, 2.45) is 0 Å². The van der Waals surface area contributed by atoms with Crippen molar-refractivity contribution < 1.29 is 0 Å². The molecule has 3 rings (SSSR count). The predicted octanol–water partition coefficient (Wildman–Crippen LogP) is 4.31. The van der Waals surface area contributed by atoms with Crippen molar-refractivity contribution >= 4 is 16.7 Å². The summed E-state index contributed by atoms with van der Waals surface area (Å²) in [5.41, 5.74) is 12.5. The third kappa shape index (κ3) is 2.40. The van der Waals surface area contributed by atoms with Gasteiger partial charge in [-0.15, -0.1) is 0 Å². The molecule has 0 unspecified atom stereocenters. The fraction of sp³-hybridized carbons (Fsp3) is 0.278. The van der Waals surface area contributed by atoms with Crippen LogP contribution >= 0.6 is 0 Å². The molecule has 0 radical (unpaired) electrons. The zero-order valence-electron chi connectivity index (χ0n) is 12.9. The first-order chi connectivity index (χ1) is 10.1. The van der Waals surface area contributed by atoms with Crippen molar-refractivity contribution in [2.75, 3.05) is 5.73 Å². The fourth-order valence-electron chi connectivity index (χ4n) is 2.69. The summed E-state index contributed by atoms with van der Waals surface area (Å²) in [5, 5.41) is 0. The SMILES string of the molecule is CCCn1c(-c2ccc(C)c(N)c2)nc2cc(C)ccc21. The van der Waals surface area contributed by atoms with E-state index in [0.717, 1.165) is 41.1 Å². The van der Waals surface area contributed by atoms with Gasteiger partial charge in [-0.1, -0.05) is 25.1 Å². The number of hydrogen-bond donors (Lipinski definition) is 1. The molecule has 1 aromatic heterocycles. The van der Waals surface area contributed by atoms with Crippen molar-refractivity contribution in [3.8, 4) is 11.4 Å². The van der Waals surface area contributed by atoms with E-state index in [0.29, 0.717) is 0 Å². The second kappa shape index (κ2) is 5.24. The summed E-state index contributed by atoms with van der Waals surface area (Å²) in [4.78, 5) is 4.84. The molecule has 0 fully saturated rings. The lowest BCUT2D eigenvalue weighted by atomic mass is 10.1. The number of nitrogens with zero attached hydrogens (tertiary/aromatic N) is 2. The number of hydrogen-bond acceptors (Lipinski definition) is 2. The van der Waals surface area contributed by atoms with Gasteiger partial charge in [0.2, 0.25) is 0 Å². The van der Waals surface area contributed by atoms with Crippen LogP contribution in [0.2, 0.25) is 0 Å². The summed E-state index contributed by atoms with van der Waals surface area (Å²) in [6.45, 7) is 7.27. The molecule has 3 aromatic rings. The highest BCUT2D eigenvalue weighted by atomic mass is 15.1. The normalized spacial score (nSPS) is 11.2. The van der Waals surface area contributed by atoms with Crippen molar-refractivity contribution in [3.63, 3.8) is 0 Å². The van der Waals surface area contributed by atoms with E-state index in [1.807, 2.05) is 13.0 Å². The lowest BCUT2D eigenvalue weighted by Gasteiger charge is -2.09. The van der Waals surface area contributed by atoms with Crippen LogP contribution in [-0.4, -0.2) is 9.55 Å². The van der Waals surface area contributed by atoms with Gasteiger partial charge in [-0.3, -0.25) is 0 Å². The zero-order chi connectivity index (χ0) is 15.0. The van der Waals surface area contributed by atoms with Crippen LogP contribution in [0.5, 0.6) is 0 Å². The average Bonchev–Trinajstić information content (AvgIpc) is 2.80. The minimum atomic E-state index is 0.818. The first-order valence-electron chi connectivity index (χ1n) is 7.43. The smallest absolute Gasteiger partial charge is 0.141 e. The van der Waals surface area contributed by atoms with Gasteiger partial charge in [0.25, 0.3) is 0 Å². The Morgan fingerprint density at radius 2 is 1.90 bits per heavy atom. The quantitative estimate of drug-likeness (QED) is 0.726. The maximum atomic E-state index is 6.06. The lowest BCUT2D eigenvalue weighted by molar-refractivity contribution is 0.704. The second-order valence-corrected chi connectivity index (χ2v) is 5.65. The van der Waals surface area contributed by atoms with Gasteiger partial charge in [0.1, 0.15) is 5.82 Å². The van der Waals surface area contributed by atoms with Crippen LogP contribution < -0.4 is 5.73 Å². The highest BCUT2D eigenvalue weighted by Gasteiger charge is 2.12. The van der Waals surface area contributed by atoms with Crippen LogP contribution in [0.15, 0.2) is 36.4 Å². The molecule has 2 N–H and O–H groups in total. The largest absolute Gasteiger partial charge is 0.398 e. The summed E-state index contributed by atoms with van der Waals surface area (Å²) in [7, 11) is 0. The van der Waals surface area contributed by atoms with E-state index in [1.54, 1.807) is 0 Å². The Labute approximate surface area is 125 Å². The third-order valence-electron chi connectivity index (χ3n) is 3.89. The Balaban J connectivity index is 2.24. The van der Waals surface area contributed by atoms with E-state index < -0.39 is 0 Å². The summed E-state index contributed by atoms with van der Waals surface area (Å²) in [5.74, 6) is 1.00. The molecule has 3 nitrogen and oxygen atoms in total. The molecule has 3 heteroatoms. The van der Waals surface area contributed by atoms with Crippen molar-refractivity contribution in [2.45, 2.75) is 33.7 Å². The van der Waals surface area contributed by atoms with E-state index in [-0.39, 0.29) is 0 Å². The summed E-state index contributed by atoms with van der Waals surface area (Å²) >= 11 is 0. The Kier molecular flexibility index (Phi) is 3.42. The Morgan fingerprint density at radius 3 is 2.62 bits per heavy atom. The fourth-order valence-corrected chi connectivity index (χ4v) is 2.69. The standard InChI is InChI=1S/C18H21N3/c1-4-9-21-17-8-5-12(2)10-16(17)20-18(21)14-7-6-13(3)15(19)11-14/h5-8,10-11H,4,9,19H2,1-3H3. The average molecular weight is 279 g/mol. The minimum Gasteiger partial charge on any atom is -0.398 e. The first kappa shape index (κ1) is 13.7. The van der Waals surface area contributed by atoms with E-state index in [9.17, 15) is 0 Å². The predicted molar refractivity (Wildman–Crippen MR) is 89.3 cm³/mol. The van der Waals surface area contributed by atoms with Crippen LogP contribution in [0.25, 0.3) is 22.4 Å². The number of aromatic nitrogens is 2. The van der Waals surface area contributed by atoms with Gasteiger partial charge in [0.05, 0.1) is 11.0 Å². The molecule has 108 valence electrons. The summed E-state index contributed by atoms with van der Waals surface area (Å²) in [6, 6.07) is 12.6. The van der Waals surface area contributed by atoms with Crippen LogP contribution in [0.1, 0.15) is 24.5 Å². The highest BCUT2D eigenvalue weighted by molar-refractivity contribution is 5.82. The number of imidazole rings is 1. The Bertz CT molecular complexity index is 800. The number of rotatable bonds is 3. The highest BCUT2D eigenvalue weighted by Crippen LogP contribution is 2.28.